The largest absolute Gasteiger partial charge is 0.369 e. The van der Waals surface area contributed by atoms with Crippen molar-refractivity contribution in [2.24, 2.45) is 5.73 Å². The molecule has 0 aliphatic carbocycles. The van der Waals surface area contributed by atoms with E-state index in [1.54, 1.807) is 41.3 Å². The Morgan fingerprint density at radius 3 is 2.74 bits per heavy atom. The summed E-state index contributed by atoms with van der Waals surface area (Å²) in [7, 11) is 0. The van der Waals surface area contributed by atoms with E-state index in [2.05, 4.69) is 15.6 Å². The van der Waals surface area contributed by atoms with Crippen molar-refractivity contribution in [2.45, 2.75) is 25.3 Å². The molecule has 0 saturated carbocycles. The lowest BCUT2D eigenvalue weighted by molar-refractivity contribution is -0.130. The van der Waals surface area contributed by atoms with Crippen LogP contribution in [0.25, 0.3) is 11.3 Å². The summed E-state index contributed by atoms with van der Waals surface area (Å²) in [4.78, 5) is 31.3. The zero-order valence-corrected chi connectivity index (χ0v) is 20.7. The van der Waals surface area contributed by atoms with Gasteiger partial charge in [-0.2, -0.15) is 5.26 Å². The van der Waals surface area contributed by atoms with Crippen LogP contribution < -0.4 is 16.4 Å². The predicted octanol–water partition coefficient (Wildman–Crippen LogP) is 3.23. The number of carbonyl (C=O) groups is 2. The van der Waals surface area contributed by atoms with E-state index >= 15 is 4.39 Å². The molecule has 8 nitrogen and oxygen atoms in total. The first-order valence-corrected chi connectivity index (χ1v) is 12.4. The van der Waals surface area contributed by atoms with Gasteiger partial charge in [0.05, 0.1) is 23.7 Å². The van der Waals surface area contributed by atoms with E-state index in [0.717, 1.165) is 24.5 Å². The van der Waals surface area contributed by atoms with Crippen molar-refractivity contribution >= 4 is 17.6 Å². The highest BCUT2D eigenvalue weighted by Gasteiger charge is 2.29. The third-order valence-electron chi connectivity index (χ3n) is 6.49. The number of anilines is 1. The molecule has 0 unspecified atom stereocenters. The topological polar surface area (TPSA) is 124 Å². The summed E-state index contributed by atoms with van der Waals surface area (Å²) >= 11 is 0. The van der Waals surface area contributed by atoms with Crippen LogP contribution in [0.2, 0.25) is 0 Å². The maximum absolute atomic E-state index is 15.3. The van der Waals surface area contributed by atoms with Crippen LogP contribution in [-0.4, -0.2) is 53.9 Å². The van der Waals surface area contributed by atoms with E-state index in [1.807, 2.05) is 6.07 Å². The Hall–Kier alpha value is -4.36. The molecular formula is C28H28F2N6O2. The van der Waals surface area contributed by atoms with E-state index < -0.39 is 11.7 Å². The van der Waals surface area contributed by atoms with Crippen LogP contribution in [0.3, 0.4) is 0 Å². The van der Waals surface area contributed by atoms with Gasteiger partial charge in [-0.05, 0) is 49.1 Å². The molecule has 2 amide bonds. The molecule has 1 aliphatic heterocycles. The van der Waals surface area contributed by atoms with Gasteiger partial charge in [-0.15, -0.1) is 0 Å². The summed E-state index contributed by atoms with van der Waals surface area (Å²) in [5.74, 6) is -1.72. The smallest absolute Gasteiger partial charge is 0.255 e. The second kappa shape index (κ2) is 12.3. The molecule has 1 aliphatic rings. The number of amides is 2. The van der Waals surface area contributed by atoms with Crippen molar-refractivity contribution in [3.05, 3.63) is 82.9 Å². The summed E-state index contributed by atoms with van der Waals surface area (Å²) in [5.41, 5.74) is 6.70. The summed E-state index contributed by atoms with van der Waals surface area (Å²) < 4.78 is 28.9. The van der Waals surface area contributed by atoms with Gasteiger partial charge in [-0.25, -0.2) is 13.8 Å². The van der Waals surface area contributed by atoms with Crippen molar-refractivity contribution in [1.82, 2.24) is 15.2 Å². The van der Waals surface area contributed by atoms with E-state index in [0.29, 0.717) is 25.1 Å². The molecular weight excluding hydrogens is 490 g/mol. The number of nitrogens with one attached hydrogen (secondary N) is 2. The van der Waals surface area contributed by atoms with Crippen molar-refractivity contribution < 1.29 is 18.4 Å². The van der Waals surface area contributed by atoms with Crippen LogP contribution in [0.5, 0.6) is 0 Å². The number of hydrogen-bond acceptors (Lipinski definition) is 6. The number of benzene rings is 2. The molecule has 1 aromatic heterocycles. The molecule has 3 aromatic rings. The molecule has 4 N–H and O–H groups in total. The van der Waals surface area contributed by atoms with Crippen LogP contribution in [0.1, 0.15) is 34.3 Å². The normalized spacial score (nSPS) is 14.7. The van der Waals surface area contributed by atoms with E-state index in [1.165, 1.54) is 12.1 Å². The Kier molecular flexibility index (Phi) is 8.61. The molecule has 2 aromatic carbocycles. The van der Waals surface area contributed by atoms with Crippen LogP contribution >= 0.6 is 0 Å². The van der Waals surface area contributed by atoms with Gasteiger partial charge in [0, 0.05) is 31.2 Å². The highest BCUT2D eigenvalue weighted by molar-refractivity contribution is 5.99. The summed E-state index contributed by atoms with van der Waals surface area (Å²) in [6.07, 6.45) is 1.96. The Morgan fingerprint density at radius 1 is 1.16 bits per heavy atom. The summed E-state index contributed by atoms with van der Waals surface area (Å²) in [6, 6.07) is 15.6. The zero-order chi connectivity index (χ0) is 27.1. The Labute approximate surface area is 219 Å². The Morgan fingerprint density at radius 2 is 1.97 bits per heavy atom. The number of pyridine rings is 1. The third-order valence-corrected chi connectivity index (χ3v) is 6.49. The number of halogens is 2. The first-order valence-electron chi connectivity index (χ1n) is 12.4. The fourth-order valence-corrected chi connectivity index (χ4v) is 4.59. The van der Waals surface area contributed by atoms with Gasteiger partial charge in [0.1, 0.15) is 23.1 Å². The number of aromatic nitrogens is 1. The van der Waals surface area contributed by atoms with Gasteiger partial charge >= 0.3 is 0 Å². The first-order chi connectivity index (χ1) is 18.4. The molecule has 38 heavy (non-hydrogen) atoms. The van der Waals surface area contributed by atoms with Crippen LogP contribution in [0, 0.1) is 23.0 Å². The van der Waals surface area contributed by atoms with E-state index in [-0.39, 0.29) is 53.5 Å². The molecule has 1 fully saturated rings. The minimum atomic E-state index is -0.755. The lowest BCUT2D eigenvalue weighted by Gasteiger charge is -2.24. The highest BCUT2D eigenvalue weighted by atomic mass is 19.1. The molecule has 1 saturated heterocycles. The molecule has 4 rings (SSSR count). The van der Waals surface area contributed by atoms with Crippen molar-refractivity contribution in [1.29, 1.82) is 5.26 Å². The predicted molar refractivity (Wildman–Crippen MR) is 139 cm³/mol. The number of likely N-dealkylation sites (tertiary alicyclic amines) is 1. The number of nitriles is 1. The molecule has 0 bridgehead atoms. The van der Waals surface area contributed by atoms with Gasteiger partial charge in [0.25, 0.3) is 5.91 Å². The van der Waals surface area contributed by atoms with Crippen LogP contribution in [-0.2, 0) is 11.2 Å². The molecule has 196 valence electrons. The lowest BCUT2D eigenvalue weighted by atomic mass is 10.0. The molecule has 0 radical (unpaired) electrons. The Balaban J connectivity index is 1.59. The SMILES string of the molecule is N#Cc1ccccc1-c1nc(NCCc2cccc(F)c2)c(C(=O)NC[C@H]2CCCN2C(=O)CN)cc1F. The third kappa shape index (κ3) is 6.12. The molecule has 10 heteroatoms. The fourth-order valence-electron chi connectivity index (χ4n) is 4.59. The molecule has 1 atom stereocenters. The van der Waals surface area contributed by atoms with Gasteiger partial charge in [-0.1, -0.05) is 30.3 Å². The van der Waals surface area contributed by atoms with E-state index in [9.17, 15) is 19.2 Å². The highest BCUT2D eigenvalue weighted by Crippen LogP contribution is 2.28. The zero-order valence-electron chi connectivity index (χ0n) is 20.7. The average molecular weight is 519 g/mol. The monoisotopic (exact) mass is 518 g/mol. The second-order valence-corrected chi connectivity index (χ2v) is 8.98. The maximum atomic E-state index is 15.3. The second-order valence-electron chi connectivity index (χ2n) is 8.98. The minimum Gasteiger partial charge on any atom is -0.369 e. The lowest BCUT2D eigenvalue weighted by Crippen LogP contribution is -2.45. The van der Waals surface area contributed by atoms with Gasteiger partial charge < -0.3 is 21.3 Å². The van der Waals surface area contributed by atoms with Crippen molar-refractivity contribution in [3.63, 3.8) is 0 Å². The number of rotatable bonds is 9. The average Bonchev–Trinajstić information content (AvgIpc) is 3.40. The van der Waals surface area contributed by atoms with Gasteiger partial charge in [-0.3, -0.25) is 9.59 Å². The van der Waals surface area contributed by atoms with Crippen LogP contribution in [0.4, 0.5) is 14.6 Å². The van der Waals surface area contributed by atoms with Gasteiger partial charge in [0.15, 0.2) is 0 Å². The number of nitrogens with two attached hydrogens (primary N) is 1. The quantitative estimate of drug-likeness (QED) is 0.400. The first kappa shape index (κ1) is 26.7. The van der Waals surface area contributed by atoms with Crippen molar-refractivity contribution in [3.8, 4) is 17.3 Å². The maximum Gasteiger partial charge on any atom is 0.255 e. The molecule has 2 heterocycles. The fraction of sp³-hybridized carbons (Fsp3) is 0.286. The van der Waals surface area contributed by atoms with Gasteiger partial charge in [0.2, 0.25) is 5.91 Å². The Bertz CT molecular complexity index is 1370. The number of hydrogen-bond donors (Lipinski definition) is 3. The van der Waals surface area contributed by atoms with Crippen molar-refractivity contribution in [2.75, 3.05) is 31.5 Å². The molecule has 0 spiro atoms. The minimum absolute atomic E-state index is 0.0189. The van der Waals surface area contributed by atoms with E-state index in [4.69, 9.17) is 5.73 Å². The number of carbonyl (C=O) groups excluding carboxylic acids is 2. The summed E-state index contributed by atoms with van der Waals surface area (Å²) in [6.45, 7) is 0.953. The standard InChI is InChI=1S/C28H28F2N6O2/c29-20-7-3-5-18(13-20)10-11-33-27-23(28(38)34-17-21-8-4-12-36(21)25(37)16-32)14-24(30)26(35-27)22-9-2-1-6-19(22)15-31/h1-3,5-7,9,13-14,21H,4,8,10-12,16-17,32H2,(H,33,35)(H,34,38)/t21-/m1/s1. The van der Waals surface area contributed by atoms with Crippen LogP contribution in [0.15, 0.2) is 54.6 Å². The summed E-state index contributed by atoms with van der Waals surface area (Å²) in [5, 5.41) is 15.3. The number of nitrogens with zero attached hydrogens (tertiary/aromatic N) is 3.